The number of nitrogens with zero attached hydrogens (tertiary/aromatic N) is 4. The maximum Gasteiger partial charge on any atom is 0.158 e. The van der Waals surface area contributed by atoms with Crippen molar-refractivity contribution in [1.29, 1.82) is 0 Å². The van der Waals surface area contributed by atoms with Gasteiger partial charge in [0, 0.05) is 18.2 Å². The molecule has 2 heterocycles. The molecule has 3 atom stereocenters. The van der Waals surface area contributed by atoms with Crippen molar-refractivity contribution in [3.63, 3.8) is 0 Å². The number of rotatable bonds is 6. The second-order valence-corrected chi connectivity index (χ2v) is 6.13. The van der Waals surface area contributed by atoms with E-state index in [1.807, 2.05) is 0 Å². The first-order chi connectivity index (χ1) is 12.0. The molecule has 9 heteroatoms. The van der Waals surface area contributed by atoms with Crippen LogP contribution in [0.5, 0.6) is 0 Å². The highest BCUT2D eigenvalue weighted by Crippen LogP contribution is 2.33. The third-order valence-corrected chi connectivity index (χ3v) is 4.36. The molecule has 136 valence electrons. The van der Waals surface area contributed by atoms with E-state index in [9.17, 15) is 13.9 Å². The molecule has 0 amide bonds. The van der Waals surface area contributed by atoms with Crippen molar-refractivity contribution < 1.29 is 23.4 Å². The predicted molar refractivity (Wildman–Crippen MR) is 82.2 cm³/mol. The van der Waals surface area contributed by atoms with E-state index >= 15 is 0 Å². The Morgan fingerprint density at radius 1 is 1.44 bits per heavy atom. The number of hydrogen-bond acceptors (Lipinski definition) is 6. The van der Waals surface area contributed by atoms with Crippen LogP contribution in [-0.2, 0) is 21.6 Å². The molecule has 7 nitrogen and oxygen atoms in total. The number of hydrogen-bond donors (Lipinski definition) is 1. The van der Waals surface area contributed by atoms with E-state index in [4.69, 9.17) is 9.47 Å². The lowest BCUT2D eigenvalue weighted by Gasteiger charge is -2.37. The fraction of sp³-hybridized carbons (Fsp3) is 0.562. The van der Waals surface area contributed by atoms with Gasteiger partial charge in [-0.3, -0.25) is 0 Å². The smallest absolute Gasteiger partial charge is 0.158 e. The van der Waals surface area contributed by atoms with E-state index < -0.39 is 29.6 Å². The minimum atomic E-state index is -1.81. The minimum absolute atomic E-state index is 0.0901. The Labute approximate surface area is 143 Å². The molecule has 3 rings (SSSR count). The van der Waals surface area contributed by atoms with E-state index in [0.717, 1.165) is 25.0 Å². The maximum absolute atomic E-state index is 14.4. The third kappa shape index (κ3) is 4.00. The molecule has 0 saturated carbocycles. The van der Waals surface area contributed by atoms with Crippen LogP contribution in [0.3, 0.4) is 0 Å². The van der Waals surface area contributed by atoms with Gasteiger partial charge in [0.1, 0.15) is 23.6 Å². The van der Waals surface area contributed by atoms with Crippen molar-refractivity contribution in [2.45, 2.75) is 50.7 Å². The molecule has 1 N–H and O–H groups in total. The molecule has 1 aliphatic rings. The summed E-state index contributed by atoms with van der Waals surface area (Å²) < 4.78 is 40.3. The quantitative estimate of drug-likeness (QED) is 0.851. The van der Waals surface area contributed by atoms with Gasteiger partial charge in [-0.1, -0.05) is 6.07 Å². The topological polar surface area (TPSA) is 82.3 Å². The summed E-state index contributed by atoms with van der Waals surface area (Å²) >= 11 is 0. The molecular weight excluding hydrogens is 334 g/mol. The number of benzene rings is 1. The van der Waals surface area contributed by atoms with E-state index in [2.05, 4.69) is 15.5 Å². The largest absolute Gasteiger partial charge is 0.380 e. The zero-order chi connectivity index (χ0) is 17.9. The fourth-order valence-electron chi connectivity index (χ4n) is 2.93. The summed E-state index contributed by atoms with van der Waals surface area (Å²) in [7, 11) is 0. The first-order valence-corrected chi connectivity index (χ1v) is 8.15. The van der Waals surface area contributed by atoms with Crippen molar-refractivity contribution in [3.8, 4) is 0 Å². The van der Waals surface area contributed by atoms with Crippen LogP contribution < -0.4 is 0 Å². The number of aliphatic hydroxyl groups is 1. The van der Waals surface area contributed by atoms with Gasteiger partial charge in [-0.25, -0.2) is 13.5 Å². The maximum atomic E-state index is 14.4. The molecule has 0 radical (unpaired) electrons. The number of aromatic nitrogens is 4. The van der Waals surface area contributed by atoms with Crippen molar-refractivity contribution in [2.75, 3.05) is 6.61 Å². The predicted octanol–water partition coefficient (Wildman–Crippen LogP) is 1.77. The summed E-state index contributed by atoms with van der Waals surface area (Å²) in [6.45, 7) is 2.04. The minimum Gasteiger partial charge on any atom is -0.380 e. The lowest BCUT2D eigenvalue weighted by Crippen LogP contribution is -2.46. The average Bonchev–Trinajstić information content (AvgIpc) is 3.08. The van der Waals surface area contributed by atoms with Gasteiger partial charge in [-0.15, -0.1) is 5.10 Å². The standard InChI is InChI=1S/C16H20F2N4O3/c1-11(25-15-4-2-3-7-24-15)16(23,9-22-10-19-20-21-22)13-6-5-12(17)8-14(13)18/h5-6,8,10-11,15,23H,2-4,7,9H2,1H3/t11-,15?,16-/m1/s1. The Kier molecular flexibility index (Phi) is 5.36. The Hall–Kier alpha value is -1.97. The van der Waals surface area contributed by atoms with Gasteiger partial charge >= 0.3 is 0 Å². The summed E-state index contributed by atoms with van der Waals surface area (Å²) in [6.07, 6.45) is 2.57. The zero-order valence-electron chi connectivity index (χ0n) is 13.8. The Balaban J connectivity index is 1.89. The van der Waals surface area contributed by atoms with E-state index in [0.29, 0.717) is 13.0 Å². The van der Waals surface area contributed by atoms with Crippen molar-refractivity contribution >= 4 is 0 Å². The molecule has 1 unspecified atom stereocenters. The number of halogens is 2. The van der Waals surface area contributed by atoms with E-state index in [-0.39, 0.29) is 12.1 Å². The normalized spacial score (nSPS) is 21.7. The highest BCUT2D eigenvalue weighted by atomic mass is 19.1. The highest BCUT2D eigenvalue weighted by Gasteiger charge is 2.41. The molecule has 25 heavy (non-hydrogen) atoms. The van der Waals surface area contributed by atoms with Crippen molar-refractivity contribution in [1.82, 2.24) is 20.2 Å². The van der Waals surface area contributed by atoms with Crippen LogP contribution in [0.2, 0.25) is 0 Å². The SMILES string of the molecule is C[C@@H](OC1CCCCO1)[C@](O)(Cn1cnnn1)c1ccc(F)cc1F. The summed E-state index contributed by atoms with van der Waals surface area (Å²) in [5.74, 6) is -1.59. The van der Waals surface area contributed by atoms with Gasteiger partial charge < -0.3 is 14.6 Å². The fourth-order valence-corrected chi connectivity index (χ4v) is 2.93. The zero-order valence-corrected chi connectivity index (χ0v) is 13.8. The van der Waals surface area contributed by atoms with Gasteiger partial charge in [0.25, 0.3) is 0 Å². The van der Waals surface area contributed by atoms with Gasteiger partial charge in [0.05, 0.1) is 12.6 Å². The first-order valence-electron chi connectivity index (χ1n) is 8.15. The van der Waals surface area contributed by atoms with Gasteiger partial charge in [-0.05, 0) is 42.7 Å². The summed E-state index contributed by atoms with van der Waals surface area (Å²) in [4.78, 5) is 0. The molecule has 1 fully saturated rings. The van der Waals surface area contributed by atoms with E-state index in [1.54, 1.807) is 6.92 Å². The lowest BCUT2D eigenvalue weighted by atomic mass is 9.88. The van der Waals surface area contributed by atoms with Crippen LogP contribution in [0.25, 0.3) is 0 Å². The van der Waals surface area contributed by atoms with Crippen molar-refractivity contribution in [3.05, 3.63) is 41.7 Å². The van der Waals surface area contributed by atoms with Crippen LogP contribution >= 0.6 is 0 Å². The van der Waals surface area contributed by atoms with Crippen LogP contribution in [-0.4, -0.2) is 44.3 Å². The molecule has 1 aromatic carbocycles. The Bertz CT molecular complexity index is 695. The van der Waals surface area contributed by atoms with Gasteiger partial charge in [0.15, 0.2) is 6.29 Å². The highest BCUT2D eigenvalue weighted by molar-refractivity contribution is 5.26. The summed E-state index contributed by atoms with van der Waals surface area (Å²) in [5.41, 5.74) is -1.90. The monoisotopic (exact) mass is 354 g/mol. The Morgan fingerprint density at radius 3 is 2.92 bits per heavy atom. The molecule has 1 aliphatic heterocycles. The molecule has 1 saturated heterocycles. The van der Waals surface area contributed by atoms with Crippen LogP contribution in [0.4, 0.5) is 8.78 Å². The third-order valence-electron chi connectivity index (χ3n) is 4.36. The molecule has 2 aromatic rings. The van der Waals surface area contributed by atoms with Crippen LogP contribution in [0.1, 0.15) is 31.7 Å². The number of ether oxygens (including phenoxy) is 2. The lowest BCUT2D eigenvalue weighted by molar-refractivity contribution is -0.229. The van der Waals surface area contributed by atoms with Gasteiger partial charge in [0.2, 0.25) is 0 Å². The van der Waals surface area contributed by atoms with Gasteiger partial charge in [-0.2, -0.15) is 0 Å². The molecule has 0 bridgehead atoms. The summed E-state index contributed by atoms with van der Waals surface area (Å²) in [5, 5.41) is 22.0. The molecule has 0 spiro atoms. The molecule has 0 aliphatic carbocycles. The van der Waals surface area contributed by atoms with Crippen LogP contribution in [0.15, 0.2) is 24.5 Å². The first kappa shape index (κ1) is 17.8. The van der Waals surface area contributed by atoms with Crippen molar-refractivity contribution in [2.24, 2.45) is 0 Å². The second kappa shape index (κ2) is 7.51. The summed E-state index contributed by atoms with van der Waals surface area (Å²) in [6, 6.07) is 3.02. The van der Waals surface area contributed by atoms with E-state index in [1.165, 1.54) is 17.1 Å². The average molecular weight is 354 g/mol. The second-order valence-electron chi connectivity index (χ2n) is 6.13. The van der Waals surface area contributed by atoms with Crippen LogP contribution in [0, 0.1) is 11.6 Å². The molecule has 1 aromatic heterocycles. The molecular formula is C16H20F2N4O3. The Morgan fingerprint density at radius 2 is 2.28 bits per heavy atom. The number of tetrazole rings is 1.